The van der Waals surface area contributed by atoms with Gasteiger partial charge in [0.15, 0.2) is 5.78 Å². The highest BCUT2D eigenvalue weighted by molar-refractivity contribution is 6.03. The van der Waals surface area contributed by atoms with E-state index < -0.39 is 5.60 Å². The maximum absolute atomic E-state index is 13.1. The molecular formula is C18H26O2. The highest BCUT2D eigenvalue weighted by Gasteiger charge is 2.40. The van der Waals surface area contributed by atoms with Crippen molar-refractivity contribution >= 4 is 5.78 Å². The molecule has 0 saturated heterocycles. The van der Waals surface area contributed by atoms with Gasteiger partial charge in [0.25, 0.3) is 0 Å². The molecule has 0 unspecified atom stereocenters. The van der Waals surface area contributed by atoms with E-state index in [2.05, 4.69) is 6.07 Å². The van der Waals surface area contributed by atoms with Crippen molar-refractivity contribution in [3.05, 3.63) is 34.9 Å². The SMILES string of the molecule is CCOC1(C(=O)c2cc(C)ccc2C)CCCCCC1. The average molecular weight is 274 g/mol. The van der Waals surface area contributed by atoms with Crippen LogP contribution in [-0.4, -0.2) is 18.0 Å². The summed E-state index contributed by atoms with van der Waals surface area (Å²) in [5, 5.41) is 0. The van der Waals surface area contributed by atoms with Crippen LogP contribution in [0.2, 0.25) is 0 Å². The molecule has 2 nitrogen and oxygen atoms in total. The number of ketones is 1. The zero-order valence-corrected chi connectivity index (χ0v) is 13.0. The van der Waals surface area contributed by atoms with Gasteiger partial charge >= 0.3 is 0 Å². The van der Waals surface area contributed by atoms with E-state index in [1.807, 2.05) is 32.9 Å². The molecule has 1 fully saturated rings. The van der Waals surface area contributed by atoms with Crippen LogP contribution in [0.15, 0.2) is 18.2 Å². The van der Waals surface area contributed by atoms with Crippen LogP contribution >= 0.6 is 0 Å². The van der Waals surface area contributed by atoms with Crippen molar-refractivity contribution in [2.75, 3.05) is 6.61 Å². The third-order valence-corrected chi connectivity index (χ3v) is 4.38. The molecule has 110 valence electrons. The number of ether oxygens (including phenoxy) is 1. The first-order valence-corrected chi connectivity index (χ1v) is 7.85. The lowest BCUT2D eigenvalue weighted by Crippen LogP contribution is -2.41. The van der Waals surface area contributed by atoms with Gasteiger partial charge in [-0.05, 0) is 45.2 Å². The Labute approximate surface area is 122 Å². The molecule has 1 aliphatic carbocycles. The number of hydrogen-bond donors (Lipinski definition) is 0. The summed E-state index contributed by atoms with van der Waals surface area (Å²) in [6, 6.07) is 6.12. The summed E-state index contributed by atoms with van der Waals surface area (Å²) in [4.78, 5) is 13.1. The minimum absolute atomic E-state index is 0.197. The fraction of sp³-hybridized carbons (Fsp3) is 0.611. The van der Waals surface area contributed by atoms with Gasteiger partial charge in [-0.3, -0.25) is 4.79 Å². The molecule has 2 heteroatoms. The minimum Gasteiger partial charge on any atom is -0.367 e. The summed E-state index contributed by atoms with van der Waals surface area (Å²) in [7, 11) is 0. The second-order valence-electron chi connectivity index (χ2n) is 5.99. The van der Waals surface area contributed by atoms with Crippen LogP contribution < -0.4 is 0 Å². The standard InChI is InChI=1S/C18H26O2/c1-4-20-18(11-7-5-6-8-12-18)17(19)16-13-14(2)9-10-15(16)3/h9-10,13H,4-8,11-12H2,1-3H3. The molecule has 0 atom stereocenters. The molecule has 1 saturated carbocycles. The molecule has 1 aliphatic rings. The Hall–Kier alpha value is -1.15. The van der Waals surface area contributed by atoms with Crippen molar-refractivity contribution in [2.24, 2.45) is 0 Å². The third-order valence-electron chi connectivity index (χ3n) is 4.38. The number of benzene rings is 1. The first-order chi connectivity index (χ1) is 9.59. The molecule has 0 radical (unpaired) electrons. The summed E-state index contributed by atoms with van der Waals surface area (Å²) in [5.41, 5.74) is 2.47. The Bertz CT molecular complexity index is 468. The number of rotatable bonds is 4. The van der Waals surface area contributed by atoms with E-state index in [1.54, 1.807) is 0 Å². The lowest BCUT2D eigenvalue weighted by molar-refractivity contribution is -0.0292. The van der Waals surface area contributed by atoms with Gasteiger partial charge in [0.2, 0.25) is 0 Å². The van der Waals surface area contributed by atoms with Crippen LogP contribution in [0.25, 0.3) is 0 Å². The first-order valence-electron chi connectivity index (χ1n) is 7.85. The maximum atomic E-state index is 13.1. The quantitative estimate of drug-likeness (QED) is 0.591. The van der Waals surface area contributed by atoms with Gasteiger partial charge in [0, 0.05) is 12.2 Å². The lowest BCUT2D eigenvalue weighted by Gasteiger charge is -2.31. The van der Waals surface area contributed by atoms with E-state index in [1.165, 1.54) is 12.8 Å². The Morgan fingerprint density at radius 3 is 2.40 bits per heavy atom. The molecule has 0 aliphatic heterocycles. The van der Waals surface area contributed by atoms with Gasteiger partial charge in [0.1, 0.15) is 5.60 Å². The lowest BCUT2D eigenvalue weighted by atomic mass is 9.84. The molecule has 0 N–H and O–H groups in total. The molecule has 0 aromatic heterocycles. The smallest absolute Gasteiger partial charge is 0.194 e. The largest absolute Gasteiger partial charge is 0.367 e. The van der Waals surface area contributed by atoms with Gasteiger partial charge in [-0.25, -0.2) is 0 Å². The summed E-state index contributed by atoms with van der Waals surface area (Å²) in [6.07, 6.45) is 6.36. The van der Waals surface area contributed by atoms with Gasteiger partial charge in [-0.2, -0.15) is 0 Å². The molecule has 0 heterocycles. The van der Waals surface area contributed by atoms with Gasteiger partial charge < -0.3 is 4.74 Å². The number of carbonyl (C=O) groups is 1. The Morgan fingerprint density at radius 1 is 1.15 bits per heavy atom. The molecule has 1 aromatic rings. The maximum Gasteiger partial charge on any atom is 0.194 e. The van der Waals surface area contributed by atoms with E-state index in [4.69, 9.17) is 4.74 Å². The first kappa shape index (κ1) is 15.2. The summed E-state index contributed by atoms with van der Waals surface area (Å²) < 4.78 is 6.01. The zero-order valence-electron chi connectivity index (χ0n) is 13.0. The fourth-order valence-corrected chi connectivity index (χ4v) is 3.24. The predicted molar refractivity (Wildman–Crippen MR) is 82.3 cm³/mol. The highest BCUT2D eigenvalue weighted by Crippen LogP contribution is 2.34. The normalized spacial score (nSPS) is 18.6. The van der Waals surface area contributed by atoms with E-state index in [0.29, 0.717) is 6.61 Å². The second-order valence-corrected chi connectivity index (χ2v) is 5.99. The van der Waals surface area contributed by atoms with Crippen LogP contribution in [-0.2, 0) is 4.74 Å². The Balaban J connectivity index is 2.37. The third kappa shape index (κ3) is 3.12. The topological polar surface area (TPSA) is 26.3 Å². The molecule has 0 amide bonds. The number of Topliss-reactive ketones (excluding diaryl/α,β-unsaturated/α-hetero) is 1. The van der Waals surface area contributed by atoms with Gasteiger partial charge in [-0.1, -0.05) is 43.4 Å². The van der Waals surface area contributed by atoms with Gasteiger partial charge in [-0.15, -0.1) is 0 Å². The van der Waals surface area contributed by atoms with Crippen LogP contribution in [0.3, 0.4) is 0 Å². The Kier molecular flexibility index (Phi) is 4.98. The van der Waals surface area contributed by atoms with Crippen molar-refractivity contribution in [3.8, 4) is 0 Å². The second kappa shape index (κ2) is 6.53. The van der Waals surface area contributed by atoms with Crippen molar-refractivity contribution in [3.63, 3.8) is 0 Å². The molecule has 0 spiro atoms. The Morgan fingerprint density at radius 2 is 1.80 bits per heavy atom. The van der Waals surface area contributed by atoms with E-state index in [0.717, 1.165) is 42.4 Å². The van der Waals surface area contributed by atoms with Crippen molar-refractivity contribution in [1.29, 1.82) is 0 Å². The minimum atomic E-state index is -0.580. The number of hydrogen-bond acceptors (Lipinski definition) is 2. The van der Waals surface area contributed by atoms with Crippen LogP contribution in [0.4, 0.5) is 0 Å². The fourth-order valence-electron chi connectivity index (χ4n) is 3.24. The average Bonchev–Trinajstić information content (AvgIpc) is 2.68. The predicted octanol–water partition coefficient (Wildman–Crippen LogP) is 4.62. The zero-order chi connectivity index (χ0) is 14.6. The van der Waals surface area contributed by atoms with Crippen molar-refractivity contribution < 1.29 is 9.53 Å². The number of aryl methyl sites for hydroxylation is 2. The molecule has 2 rings (SSSR count). The molecule has 20 heavy (non-hydrogen) atoms. The van der Waals surface area contributed by atoms with Gasteiger partial charge in [0.05, 0.1) is 0 Å². The van der Waals surface area contributed by atoms with Crippen LogP contribution in [0, 0.1) is 13.8 Å². The number of carbonyl (C=O) groups excluding carboxylic acids is 1. The summed E-state index contributed by atoms with van der Waals surface area (Å²) in [6.45, 7) is 6.65. The summed E-state index contributed by atoms with van der Waals surface area (Å²) >= 11 is 0. The van der Waals surface area contributed by atoms with E-state index in [9.17, 15) is 4.79 Å². The molecule has 0 bridgehead atoms. The van der Waals surface area contributed by atoms with E-state index >= 15 is 0 Å². The summed E-state index contributed by atoms with van der Waals surface area (Å²) in [5.74, 6) is 0.197. The van der Waals surface area contributed by atoms with Crippen LogP contribution in [0.5, 0.6) is 0 Å². The highest BCUT2D eigenvalue weighted by atomic mass is 16.5. The van der Waals surface area contributed by atoms with E-state index in [-0.39, 0.29) is 5.78 Å². The van der Waals surface area contributed by atoms with Crippen molar-refractivity contribution in [2.45, 2.75) is 64.9 Å². The molecule has 1 aromatic carbocycles. The van der Waals surface area contributed by atoms with Crippen molar-refractivity contribution in [1.82, 2.24) is 0 Å². The monoisotopic (exact) mass is 274 g/mol. The van der Waals surface area contributed by atoms with Crippen LogP contribution in [0.1, 0.15) is 66.9 Å². The molecular weight excluding hydrogens is 248 g/mol.